The smallest absolute Gasteiger partial charge is 0.254 e. The van der Waals surface area contributed by atoms with Crippen molar-refractivity contribution >= 4 is 5.91 Å². The highest BCUT2D eigenvalue weighted by molar-refractivity contribution is 5.94. The third-order valence-electron chi connectivity index (χ3n) is 2.94. The van der Waals surface area contributed by atoms with Crippen LogP contribution in [0.4, 0.5) is 13.2 Å². The van der Waals surface area contributed by atoms with E-state index in [4.69, 9.17) is 0 Å². The summed E-state index contributed by atoms with van der Waals surface area (Å²) < 4.78 is 39.0. The van der Waals surface area contributed by atoms with Crippen LogP contribution in [0.1, 0.15) is 36.5 Å². The van der Waals surface area contributed by atoms with Gasteiger partial charge < -0.3 is 4.90 Å². The van der Waals surface area contributed by atoms with Crippen molar-refractivity contribution in [2.45, 2.75) is 32.2 Å². The van der Waals surface area contributed by atoms with Gasteiger partial charge in [0.15, 0.2) is 17.5 Å². The lowest BCUT2D eigenvalue weighted by molar-refractivity contribution is 0.0742. The largest absolute Gasteiger partial charge is 0.336 e. The fourth-order valence-corrected chi connectivity index (χ4v) is 1.92. The maximum Gasteiger partial charge on any atom is 0.254 e. The lowest BCUT2D eigenvalue weighted by Gasteiger charge is -2.21. The molecule has 18 heavy (non-hydrogen) atoms. The van der Waals surface area contributed by atoms with Crippen LogP contribution in [0, 0.1) is 17.5 Å². The maximum absolute atomic E-state index is 13.1. The molecule has 0 atom stereocenters. The molecule has 0 N–H and O–H groups in total. The summed E-state index contributed by atoms with van der Waals surface area (Å²) in [4.78, 5) is 13.7. The van der Waals surface area contributed by atoms with Crippen LogP contribution in [-0.4, -0.2) is 23.4 Å². The van der Waals surface area contributed by atoms with Crippen molar-refractivity contribution in [2.75, 3.05) is 6.54 Å². The van der Waals surface area contributed by atoms with Gasteiger partial charge in [-0.25, -0.2) is 13.2 Å². The highest BCUT2D eigenvalue weighted by atomic mass is 19.2. The molecule has 1 aliphatic rings. The van der Waals surface area contributed by atoms with Crippen LogP contribution in [0.5, 0.6) is 0 Å². The molecule has 0 saturated heterocycles. The highest BCUT2D eigenvalue weighted by Gasteiger charge is 2.33. The van der Waals surface area contributed by atoms with Crippen LogP contribution in [0.25, 0.3) is 0 Å². The number of hydrogen-bond donors (Lipinski definition) is 0. The third kappa shape index (κ3) is 2.49. The summed E-state index contributed by atoms with van der Waals surface area (Å²) >= 11 is 0. The highest BCUT2D eigenvalue weighted by Crippen LogP contribution is 2.28. The molecule has 1 aliphatic carbocycles. The Morgan fingerprint density at radius 1 is 1.28 bits per heavy atom. The Hall–Kier alpha value is -1.52. The van der Waals surface area contributed by atoms with Gasteiger partial charge >= 0.3 is 0 Å². The molecule has 0 aromatic heterocycles. The Bertz CT molecular complexity index is 448. The number of carbonyl (C=O) groups is 1. The molecule has 5 heteroatoms. The van der Waals surface area contributed by atoms with E-state index in [-0.39, 0.29) is 11.6 Å². The average Bonchev–Trinajstić information content (AvgIpc) is 3.15. The van der Waals surface area contributed by atoms with Crippen molar-refractivity contribution in [3.8, 4) is 0 Å². The fraction of sp³-hybridized carbons (Fsp3) is 0.462. The van der Waals surface area contributed by atoms with E-state index in [0.29, 0.717) is 6.54 Å². The summed E-state index contributed by atoms with van der Waals surface area (Å²) in [5.74, 6) is -4.63. The number of rotatable bonds is 4. The van der Waals surface area contributed by atoms with E-state index in [0.717, 1.165) is 31.4 Å². The van der Waals surface area contributed by atoms with Crippen LogP contribution in [0.2, 0.25) is 0 Å². The van der Waals surface area contributed by atoms with Crippen LogP contribution in [-0.2, 0) is 0 Å². The van der Waals surface area contributed by atoms with Crippen molar-refractivity contribution in [2.24, 2.45) is 0 Å². The van der Waals surface area contributed by atoms with Crippen LogP contribution < -0.4 is 0 Å². The number of hydrogen-bond acceptors (Lipinski definition) is 1. The van der Waals surface area contributed by atoms with Crippen LogP contribution in [0.3, 0.4) is 0 Å². The summed E-state index contributed by atoms with van der Waals surface area (Å²) in [5.41, 5.74) is -0.133. The minimum absolute atomic E-state index is 0.133. The van der Waals surface area contributed by atoms with E-state index in [1.807, 2.05) is 6.92 Å². The average molecular weight is 257 g/mol. The first-order chi connectivity index (χ1) is 8.54. The van der Waals surface area contributed by atoms with Gasteiger partial charge in [0.25, 0.3) is 5.91 Å². The van der Waals surface area contributed by atoms with Gasteiger partial charge in [0.05, 0.1) is 0 Å². The summed E-state index contributed by atoms with van der Waals surface area (Å²) in [5, 5.41) is 0. The number of carbonyl (C=O) groups excluding carboxylic acids is 1. The molecule has 2 nitrogen and oxygen atoms in total. The van der Waals surface area contributed by atoms with Gasteiger partial charge in [0.2, 0.25) is 0 Å². The normalized spacial score (nSPS) is 14.7. The summed E-state index contributed by atoms with van der Waals surface area (Å²) in [7, 11) is 0. The van der Waals surface area contributed by atoms with Crippen LogP contribution in [0.15, 0.2) is 12.1 Å². The topological polar surface area (TPSA) is 20.3 Å². The molecule has 98 valence electrons. The van der Waals surface area contributed by atoms with Gasteiger partial charge in [-0.1, -0.05) is 6.92 Å². The summed E-state index contributed by atoms with van der Waals surface area (Å²) in [6.07, 6.45) is 2.60. The second-order valence-corrected chi connectivity index (χ2v) is 4.48. The predicted molar refractivity (Wildman–Crippen MR) is 60.7 cm³/mol. The lowest BCUT2D eigenvalue weighted by Crippen LogP contribution is -2.34. The zero-order valence-corrected chi connectivity index (χ0v) is 10.0. The van der Waals surface area contributed by atoms with Gasteiger partial charge in [-0.05, 0) is 31.4 Å². The molecule has 2 rings (SSSR count). The predicted octanol–water partition coefficient (Wildman–Crippen LogP) is 3.12. The monoisotopic (exact) mass is 257 g/mol. The second-order valence-electron chi connectivity index (χ2n) is 4.48. The van der Waals surface area contributed by atoms with Crippen molar-refractivity contribution in [3.05, 3.63) is 35.1 Å². The van der Waals surface area contributed by atoms with Crippen molar-refractivity contribution in [1.29, 1.82) is 0 Å². The Kier molecular flexibility index (Phi) is 3.59. The molecule has 0 radical (unpaired) electrons. The second kappa shape index (κ2) is 5.00. The van der Waals surface area contributed by atoms with E-state index in [9.17, 15) is 18.0 Å². The number of benzene rings is 1. The number of amides is 1. The molecule has 0 unspecified atom stereocenters. The maximum atomic E-state index is 13.1. The molecule has 1 aromatic rings. The van der Waals surface area contributed by atoms with Gasteiger partial charge in [-0.3, -0.25) is 4.79 Å². The van der Waals surface area contributed by atoms with Gasteiger partial charge in [0, 0.05) is 18.2 Å². The molecule has 0 bridgehead atoms. The van der Waals surface area contributed by atoms with E-state index in [1.165, 1.54) is 0 Å². The van der Waals surface area contributed by atoms with Crippen molar-refractivity contribution in [1.82, 2.24) is 4.90 Å². The molecule has 1 fully saturated rings. The third-order valence-corrected chi connectivity index (χ3v) is 2.94. The number of nitrogens with zero attached hydrogens (tertiary/aromatic N) is 1. The molecular formula is C13H14F3NO. The molecule has 0 heterocycles. The summed E-state index contributed by atoms with van der Waals surface area (Å²) in [6.45, 7) is 2.47. The fourth-order valence-electron chi connectivity index (χ4n) is 1.92. The van der Waals surface area contributed by atoms with E-state index < -0.39 is 23.4 Å². The van der Waals surface area contributed by atoms with Gasteiger partial charge in [0.1, 0.15) is 0 Å². The van der Waals surface area contributed by atoms with Crippen molar-refractivity contribution in [3.63, 3.8) is 0 Å². The minimum Gasteiger partial charge on any atom is -0.336 e. The SMILES string of the molecule is CCCN(C(=O)c1cc(F)c(F)c(F)c1)C1CC1. The Morgan fingerprint density at radius 2 is 1.83 bits per heavy atom. The first-order valence-electron chi connectivity index (χ1n) is 6.00. The van der Waals surface area contributed by atoms with Crippen LogP contribution >= 0.6 is 0 Å². The Balaban J connectivity index is 2.26. The Labute approximate surface area is 103 Å². The first kappa shape index (κ1) is 12.9. The van der Waals surface area contributed by atoms with E-state index in [2.05, 4.69) is 0 Å². The minimum atomic E-state index is -1.54. The summed E-state index contributed by atoms with van der Waals surface area (Å²) in [6, 6.07) is 1.67. The van der Waals surface area contributed by atoms with Gasteiger partial charge in [-0.2, -0.15) is 0 Å². The quantitative estimate of drug-likeness (QED) is 0.759. The molecule has 1 aromatic carbocycles. The lowest BCUT2D eigenvalue weighted by atomic mass is 10.1. The van der Waals surface area contributed by atoms with Crippen molar-refractivity contribution < 1.29 is 18.0 Å². The first-order valence-corrected chi connectivity index (χ1v) is 6.00. The molecule has 1 amide bonds. The van der Waals surface area contributed by atoms with E-state index in [1.54, 1.807) is 4.90 Å². The molecular weight excluding hydrogens is 243 g/mol. The van der Waals surface area contributed by atoms with Gasteiger partial charge in [-0.15, -0.1) is 0 Å². The number of halogens is 3. The zero-order chi connectivity index (χ0) is 13.3. The molecule has 0 spiro atoms. The van der Waals surface area contributed by atoms with E-state index >= 15 is 0 Å². The Morgan fingerprint density at radius 3 is 2.28 bits per heavy atom. The molecule has 0 aliphatic heterocycles. The standard InChI is InChI=1S/C13H14F3NO/c1-2-5-17(9-3-4-9)13(18)8-6-10(14)12(16)11(15)7-8/h6-7,9H,2-5H2,1H3. The zero-order valence-electron chi connectivity index (χ0n) is 10.0. The molecule has 1 saturated carbocycles.